The van der Waals surface area contributed by atoms with Gasteiger partial charge in [-0.05, 0) is 17.9 Å². The van der Waals surface area contributed by atoms with E-state index in [4.69, 9.17) is 4.74 Å². The largest absolute Gasteiger partial charge is 0.495 e. The summed E-state index contributed by atoms with van der Waals surface area (Å²) < 4.78 is 5.55. The minimum atomic E-state index is 0.893. The van der Waals surface area contributed by atoms with Gasteiger partial charge < -0.3 is 4.74 Å². The Bertz CT molecular complexity index is 616. The molecule has 0 saturated carbocycles. The van der Waals surface area contributed by atoms with Gasteiger partial charge in [0.2, 0.25) is 0 Å². The van der Waals surface area contributed by atoms with Crippen molar-refractivity contribution in [1.29, 1.82) is 0 Å². The summed E-state index contributed by atoms with van der Waals surface area (Å²) in [5.41, 5.74) is 0.988. The number of methoxy groups -OCH3 is 1. The highest BCUT2D eigenvalue weighted by Gasteiger charge is 2.05. The molecule has 20 heavy (non-hydrogen) atoms. The Morgan fingerprint density at radius 2 is 1.85 bits per heavy atom. The number of unbranched alkanes of at least 4 members (excludes halogenated alkanes) is 4. The third-order valence-electron chi connectivity index (χ3n) is 3.46. The molecule has 0 atom stereocenters. The summed E-state index contributed by atoms with van der Waals surface area (Å²) in [5, 5.41) is 2.32. The molecule has 1 nitrogen and oxygen atoms in total. The zero-order chi connectivity index (χ0) is 14.2. The van der Waals surface area contributed by atoms with Crippen molar-refractivity contribution in [2.45, 2.75) is 39.0 Å². The molecular formula is C19H22O. The number of ether oxygens (including phenoxy) is 1. The SMILES string of the molecule is CCCCCCC#Cc1ccc2ccccc2c1OC. The zero-order valence-electron chi connectivity index (χ0n) is 12.4. The maximum absolute atomic E-state index is 5.55. The summed E-state index contributed by atoms with van der Waals surface area (Å²) in [6.07, 6.45) is 6.01. The average Bonchev–Trinajstić information content (AvgIpc) is 2.50. The minimum absolute atomic E-state index is 0.893. The summed E-state index contributed by atoms with van der Waals surface area (Å²) in [4.78, 5) is 0. The van der Waals surface area contributed by atoms with Crippen molar-refractivity contribution in [1.82, 2.24) is 0 Å². The first-order valence-electron chi connectivity index (χ1n) is 7.41. The topological polar surface area (TPSA) is 9.23 Å². The highest BCUT2D eigenvalue weighted by atomic mass is 16.5. The van der Waals surface area contributed by atoms with Crippen LogP contribution in [-0.4, -0.2) is 7.11 Å². The molecule has 0 aliphatic carbocycles. The lowest BCUT2D eigenvalue weighted by Crippen LogP contribution is -1.89. The van der Waals surface area contributed by atoms with Gasteiger partial charge in [0.15, 0.2) is 0 Å². The fourth-order valence-electron chi connectivity index (χ4n) is 2.36. The molecule has 0 aromatic heterocycles. The van der Waals surface area contributed by atoms with E-state index in [1.165, 1.54) is 31.1 Å². The van der Waals surface area contributed by atoms with E-state index in [0.29, 0.717) is 0 Å². The third kappa shape index (κ3) is 3.54. The van der Waals surface area contributed by atoms with Gasteiger partial charge in [-0.25, -0.2) is 0 Å². The van der Waals surface area contributed by atoms with Crippen molar-refractivity contribution in [2.75, 3.05) is 7.11 Å². The maximum atomic E-state index is 5.55. The van der Waals surface area contributed by atoms with Crippen LogP contribution in [0.1, 0.15) is 44.6 Å². The van der Waals surface area contributed by atoms with Crippen molar-refractivity contribution in [3.63, 3.8) is 0 Å². The van der Waals surface area contributed by atoms with Crippen LogP contribution < -0.4 is 4.74 Å². The Labute approximate surface area is 122 Å². The molecule has 0 N–H and O–H groups in total. The predicted molar refractivity (Wildman–Crippen MR) is 86.1 cm³/mol. The van der Waals surface area contributed by atoms with Crippen LogP contribution >= 0.6 is 0 Å². The molecule has 0 spiro atoms. The van der Waals surface area contributed by atoms with Crippen LogP contribution in [0.4, 0.5) is 0 Å². The normalized spacial score (nSPS) is 10.1. The molecule has 104 valence electrons. The standard InChI is InChI=1S/C19H22O/c1-3-4-5-6-7-8-12-17-15-14-16-11-9-10-13-18(16)19(17)20-2/h9-11,13-15H,3-7H2,1-2H3. The van der Waals surface area contributed by atoms with Crippen LogP contribution in [0.15, 0.2) is 36.4 Å². The lowest BCUT2D eigenvalue weighted by Gasteiger charge is -2.07. The van der Waals surface area contributed by atoms with Crippen LogP contribution in [-0.2, 0) is 0 Å². The first kappa shape index (κ1) is 14.5. The van der Waals surface area contributed by atoms with Crippen molar-refractivity contribution in [2.24, 2.45) is 0 Å². The summed E-state index contributed by atoms with van der Waals surface area (Å²) in [7, 11) is 1.72. The molecule has 0 aliphatic rings. The Kier molecular flexibility index (Phi) is 5.50. The molecule has 1 heteroatoms. The van der Waals surface area contributed by atoms with E-state index in [1.807, 2.05) is 12.1 Å². The number of fused-ring (bicyclic) bond motifs is 1. The maximum Gasteiger partial charge on any atom is 0.142 e. The van der Waals surface area contributed by atoms with Gasteiger partial charge in [0.05, 0.1) is 12.7 Å². The first-order chi connectivity index (χ1) is 9.86. The third-order valence-corrected chi connectivity index (χ3v) is 3.46. The van der Waals surface area contributed by atoms with Gasteiger partial charge in [-0.1, -0.05) is 68.4 Å². The van der Waals surface area contributed by atoms with Gasteiger partial charge in [0.1, 0.15) is 5.75 Å². The second-order valence-electron chi connectivity index (χ2n) is 4.98. The van der Waals surface area contributed by atoms with Crippen LogP contribution in [0.2, 0.25) is 0 Å². The molecule has 2 aromatic rings. The van der Waals surface area contributed by atoms with Gasteiger partial charge in [-0.15, -0.1) is 0 Å². The van der Waals surface area contributed by atoms with E-state index in [1.54, 1.807) is 7.11 Å². The molecule has 0 amide bonds. The number of hydrogen-bond donors (Lipinski definition) is 0. The molecule has 2 rings (SSSR count). The zero-order valence-corrected chi connectivity index (χ0v) is 12.4. The van der Waals surface area contributed by atoms with Crippen molar-refractivity contribution >= 4 is 10.8 Å². The Hall–Kier alpha value is -1.94. The molecule has 0 heterocycles. The van der Waals surface area contributed by atoms with Crippen LogP contribution in [0.3, 0.4) is 0 Å². The van der Waals surface area contributed by atoms with Crippen molar-refractivity contribution in [3.8, 4) is 17.6 Å². The average molecular weight is 266 g/mol. The van der Waals surface area contributed by atoms with E-state index < -0.39 is 0 Å². The smallest absolute Gasteiger partial charge is 0.142 e. The minimum Gasteiger partial charge on any atom is -0.495 e. The fraction of sp³-hybridized carbons (Fsp3) is 0.368. The van der Waals surface area contributed by atoms with E-state index in [-0.39, 0.29) is 0 Å². The quantitative estimate of drug-likeness (QED) is 0.536. The van der Waals surface area contributed by atoms with E-state index in [0.717, 1.165) is 23.1 Å². The number of hydrogen-bond acceptors (Lipinski definition) is 1. The summed E-state index contributed by atoms with van der Waals surface area (Å²) in [6, 6.07) is 12.4. The van der Waals surface area contributed by atoms with E-state index >= 15 is 0 Å². The van der Waals surface area contributed by atoms with Gasteiger partial charge in [0, 0.05) is 11.8 Å². The van der Waals surface area contributed by atoms with Crippen LogP contribution in [0.5, 0.6) is 5.75 Å². The van der Waals surface area contributed by atoms with Crippen LogP contribution in [0.25, 0.3) is 10.8 Å². The van der Waals surface area contributed by atoms with Crippen molar-refractivity contribution in [3.05, 3.63) is 42.0 Å². The Balaban J connectivity index is 2.16. The van der Waals surface area contributed by atoms with Gasteiger partial charge in [-0.3, -0.25) is 0 Å². The second-order valence-corrected chi connectivity index (χ2v) is 4.98. The van der Waals surface area contributed by atoms with Gasteiger partial charge in [-0.2, -0.15) is 0 Å². The van der Waals surface area contributed by atoms with Gasteiger partial charge in [0.25, 0.3) is 0 Å². The molecule has 0 unspecified atom stereocenters. The Morgan fingerprint density at radius 3 is 2.65 bits per heavy atom. The summed E-state index contributed by atoms with van der Waals surface area (Å²) in [5.74, 6) is 7.42. The monoisotopic (exact) mass is 266 g/mol. The molecule has 0 bridgehead atoms. The molecule has 0 fully saturated rings. The van der Waals surface area contributed by atoms with Crippen LogP contribution in [0, 0.1) is 11.8 Å². The fourth-order valence-corrected chi connectivity index (χ4v) is 2.36. The van der Waals surface area contributed by atoms with E-state index in [2.05, 4.69) is 43.0 Å². The number of benzene rings is 2. The molecule has 0 saturated heterocycles. The van der Waals surface area contributed by atoms with Gasteiger partial charge >= 0.3 is 0 Å². The lowest BCUT2D eigenvalue weighted by atomic mass is 10.1. The Morgan fingerprint density at radius 1 is 1.00 bits per heavy atom. The molecule has 2 aromatic carbocycles. The summed E-state index contributed by atoms with van der Waals surface area (Å²) in [6.45, 7) is 2.23. The molecular weight excluding hydrogens is 244 g/mol. The summed E-state index contributed by atoms with van der Waals surface area (Å²) >= 11 is 0. The highest BCUT2D eigenvalue weighted by molar-refractivity contribution is 5.90. The lowest BCUT2D eigenvalue weighted by molar-refractivity contribution is 0.418. The molecule has 0 radical (unpaired) electrons. The predicted octanol–water partition coefficient (Wildman–Crippen LogP) is 5.17. The highest BCUT2D eigenvalue weighted by Crippen LogP contribution is 2.28. The number of rotatable bonds is 5. The van der Waals surface area contributed by atoms with Crippen molar-refractivity contribution < 1.29 is 4.74 Å². The van der Waals surface area contributed by atoms with E-state index in [9.17, 15) is 0 Å². The second kappa shape index (κ2) is 7.60. The molecule has 0 aliphatic heterocycles. The first-order valence-corrected chi connectivity index (χ1v) is 7.41.